The lowest BCUT2D eigenvalue weighted by molar-refractivity contribution is -0.115. The second kappa shape index (κ2) is 9.16. The Bertz CT molecular complexity index is 1220. The van der Waals surface area contributed by atoms with Crippen LogP contribution in [0.2, 0.25) is 5.02 Å². The van der Waals surface area contributed by atoms with E-state index in [1.165, 1.54) is 27.3 Å². The Balaban J connectivity index is 1.43. The normalized spacial score (nSPS) is 16.0. The van der Waals surface area contributed by atoms with Crippen molar-refractivity contribution in [3.63, 3.8) is 0 Å². The number of carbonyl (C=O) groups is 1. The van der Waals surface area contributed by atoms with Gasteiger partial charge in [-0.05, 0) is 53.3 Å². The summed E-state index contributed by atoms with van der Waals surface area (Å²) in [6, 6.07) is 20.4. The Morgan fingerprint density at radius 2 is 1.91 bits per heavy atom. The van der Waals surface area contributed by atoms with E-state index in [0.29, 0.717) is 10.2 Å². The topological polar surface area (TPSA) is 36.4 Å². The number of carbonyl (C=O) groups excluding carboxylic acids is 1. The lowest BCUT2D eigenvalue weighted by Crippen LogP contribution is -2.35. The molecular formula is C25H22ClN3OS2. The first-order chi connectivity index (χ1) is 15.6. The van der Waals surface area contributed by atoms with Crippen molar-refractivity contribution < 1.29 is 4.79 Å². The highest BCUT2D eigenvalue weighted by molar-refractivity contribution is 7.14. The summed E-state index contributed by atoms with van der Waals surface area (Å²) >= 11 is 9.37. The van der Waals surface area contributed by atoms with Crippen molar-refractivity contribution in [3.05, 3.63) is 98.1 Å². The average Bonchev–Trinajstić information content (AvgIpc) is 3.45. The molecule has 5 rings (SSSR count). The molecule has 7 heteroatoms. The van der Waals surface area contributed by atoms with Crippen LogP contribution in [0.25, 0.3) is 0 Å². The summed E-state index contributed by atoms with van der Waals surface area (Å²) in [7, 11) is 0. The fourth-order valence-electron chi connectivity index (χ4n) is 4.26. The van der Waals surface area contributed by atoms with Crippen molar-refractivity contribution in [1.82, 2.24) is 9.88 Å². The molecule has 1 atom stereocenters. The second-order valence-corrected chi connectivity index (χ2v) is 10.1. The monoisotopic (exact) mass is 479 g/mol. The molecule has 1 amide bonds. The van der Waals surface area contributed by atoms with Crippen molar-refractivity contribution in [3.8, 4) is 0 Å². The van der Waals surface area contributed by atoms with Gasteiger partial charge in [0.25, 0.3) is 0 Å². The summed E-state index contributed by atoms with van der Waals surface area (Å²) in [5.41, 5.74) is 4.44. The molecule has 1 unspecified atom stereocenters. The minimum Gasteiger partial charge on any atom is -0.286 e. The van der Waals surface area contributed by atoms with Crippen molar-refractivity contribution in [1.29, 1.82) is 0 Å². The number of rotatable bonds is 5. The largest absolute Gasteiger partial charge is 0.286 e. The van der Waals surface area contributed by atoms with Gasteiger partial charge < -0.3 is 0 Å². The predicted octanol–water partition coefficient (Wildman–Crippen LogP) is 6.69. The zero-order valence-corrected chi connectivity index (χ0v) is 20.0. The third-order valence-corrected chi connectivity index (χ3v) is 7.80. The van der Waals surface area contributed by atoms with Gasteiger partial charge in [-0.1, -0.05) is 41.9 Å². The van der Waals surface area contributed by atoms with Crippen molar-refractivity contribution >= 4 is 51.0 Å². The highest BCUT2D eigenvalue weighted by atomic mass is 35.5. The maximum absolute atomic E-state index is 12.4. The molecule has 0 aliphatic carbocycles. The predicted molar refractivity (Wildman–Crippen MR) is 133 cm³/mol. The first kappa shape index (κ1) is 21.3. The van der Waals surface area contributed by atoms with Crippen LogP contribution in [0.1, 0.15) is 34.7 Å². The van der Waals surface area contributed by atoms with Crippen LogP contribution in [0.4, 0.5) is 10.8 Å². The van der Waals surface area contributed by atoms with E-state index in [9.17, 15) is 4.79 Å². The minimum absolute atomic E-state index is 0.0729. The fraction of sp³-hybridized carbons (Fsp3) is 0.200. The average molecular weight is 480 g/mol. The summed E-state index contributed by atoms with van der Waals surface area (Å²) in [6.45, 7) is 3.27. The van der Waals surface area contributed by atoms with Crippen molar-refractivity contribution in [2.24, 2.45) is 0 Å². The molecule has 2 aromatic carbocycles. The molecule has 162 valence electrons. The van der Waals surface area contributed by atoms with Crippen LogP contribution in [0.3, 0.4) is 0 Å². The van der Waals surface area contributed by atoms with Crippen LogP contribution in [0.5, 0.6) is 0 Å². The number of halogens is 1. The number of thiazole rings is 1. The van der Waals surface area contributed by atoms with Crippen LogP contribution in [0.15, 0.2) is 71.4 Å². The van der Waals surface area contributed by atoms with Gasteiger partial charge in [0.15, 0.2) is 5.13 Å². The fourth-order valence-corrected chi connectivity index (χ4v) is 6.17. The van der Waals surface area contributed by atoms with E-state index < -0.39 is 0 Å². The van der Waals surface area contributed by atoms with Gasteiger partial charge in [0.2, 0.25) is 5.91 Å². The SMILES string of the molecule is CC(=O)N(c1ccc(Cl)cc1)c1nc(CN2CCc3sccc3C2c2ccccc2)cs1. The lowest BCUT2D eigenvalue weighted by Gasteiger charge is -2.35. The smallest absolute Gasteiger partial charge is 0.230 e. The van der Waals surface area contributed by atoms with Crippen LogP contribution in [-0.2, 0) is 17.8 Å². The van der Waals surface area contributed by atoms with E-state index in [-0.39, 0.29) is 11.9 Å². The molecule has 32 heavy (non-hydrogen) atoms. The Kier molecular flexibility index (Phi) is 6.11. The van der Waals surface area contributed by atoms with E-state index >= 15 is 0 Å². The molecule has 0 saturated carbocycles. The number of benzene rings is 2. The summed E-state index contributed by atoms with van der Waals surface area (Å²) in [6.07, 6.45) is 1.05. The van der Waals surface area contributed by atoms with E-state index in [1.807, 2.05) is 23.5 Å². The molecule has 0 spiro atoms. The summed E-state index contributed by atoms with van der Waals surface area (Å²) in [5, 5.41) is 5.58. The highest BCUT2D eigenvalue weighted by Gasteiger charge is 2.30. The quantitative estimate of drug-likeness (QED) is 0.320. The number of anilines is 2. The first-order valence-electron chi connectivity index (χ1n) is 10.5. The zero-order valence-electron chi connectivity index (χ0n) is 17.6. The summed E-state index contributed by atoms with van der Waals surface area (Å²) in [4.78, 5) is 22.9. The van der Waals surface area contributed by atoms with Crippen molar-refractivity contribution in [2.45, 2.75) is 25.9 Å². The molecular weight excluding hydrogens is 458 g/mol. The zero-order chi connectivity index (χ0) is 22.1. The summed E-state index contributed by atoms with van der Waals surface area (Å²) < 4.78 is 0. The second-order valence-electron chi connectivity index (χ2n) is 7.79. The standard InChI is InChI=1S/C25H22ClN3OS2/c1-17(30)29(21-9-7-19(26)8-10-21)25-27-20(16-32-25)15-28-13-11-23-22(12-14-31-23)24(28)18-5-3-2-4-6-18/h2-10,12,14,16,24H,11,13,15H2,1H3. The van der Waals surface area contributed by atoms with Gasteiger partial charge in [-0.2, -0.15) is 0 Å². The Morgan fingerprint density at radius 3 is 2.66 bits per heavy atom. The number of aromatic nitrogens is 1. The third kappa shape index (κ3) is 4.24. The molecule has 0 radical (unpaired) electrons. The van der Waals surface area contributed by atoms with Crippen LogP contribution >= 0.6 is 34.3 Å². The Labute approximate surface area is 200 Å². The van der Waals surface area contributed by atoms with Crippen LogP contribution in [-0.4, -0.2) is 22.3 Å². The third-order valence-electron chi connectivity index (χ3n) is 5.68. The maximum atomic E-state index is 12.4. The molecule has 1 aliphatic heterocycles. The van der Waals surface area contributed by atoms with Gasteiger partial charge in [-0.3, -0.25) is 14.6 Å². The van der Waals surface area contributed by atoms with Gasteiger partial charge in [0, 0.05) is 35.3 Å². The van der Waals surface area contributed by atoms with Gasteiger partial charge in [0.05, 0.1) is 17.4 Å². The maximum Gasteiger partial charge on any atom is 0.230 e. The van der Waals surface area contributed by atoms with E-state index in [4.69, 9.17) is 16.6 Å². The van der Waals surface area contributed by atoms with Crippen molar-refractivity contribution in [2.75, 3.05) is 11.4 Å². The number of nitrogens with zero attached hydrogens (tertiary/aromatic N) is 3. The van der Waals surface area contributed by atoms with Gasteiger partial charge in [-0.25, -0.2) is 4.98 Å². The van der Waals surface area contributed by atoms with E-state index in [2.05, 4.69) is 52.1 Å². The summed E-state index contributed by atoms with van der Waals surface area (Å²) in [5.74, 6) is -0.0729. The van der Waals surface area contributed by atoms with Crippen LogP contribution in [0, 0.1) is 0 Å². The highest BCUT2D eigenvalue weighted by Crippen LogP contribution is 2.39. The number of hydrogen-bond acceptors (Lipinski definition) is 5. The molecule has 4 nitrogen and oxygen atoms in total. The molecule has 3 heterocycles. The number of thiophene rings is 1. The Morgan fingerprint density at radius 1 is 1.12 bits per heavy atom. The molecule has 2 aromatic heterocycles. The van der Waals surface area contributed by atoms with Gasteiger partial charge in [-0.15, -0.1) is 22.7 Å². The first-order valence-corrected chi connectivity index (χ1v) is 12.6. The van der Waals surface area contributed by atoms with Gasteiger partial charge >= 0.3 is 0 Å². The molecule has 1 aliphatic rings. The van der Waals surface area contributed by atoms with Gasteiger partial charge in [0.1, 0.15) is 0 Å². The number of amides is 1. The minimum atomic E-state index is -0.0729. The number of fused-ring (bicyclic) bond motifs is 1. The van der Waals surface area contributed by atoms with Crippen LogP contribution < -0.4 is 4.90 Å². The van der Waals surface area contributed by atoms with E-state index in [1.54, 1.807) is 24.0 Å². The molecule has 0 N–H and O–H groups in total. The molecule has 0 saturated heterocycles. The molecule has 0 fully saturated rings. The van der Waals surface area contributed by atoms with E-state index in [0.717, 1.165) is 30.9 Å². The molecule has 4 aromatic rings. The molecule has 0 bridgehead atoms. The Hall–Kier alpha value is -2.51. The number of hydrogen-bond donors (Lipinski definition) is 0. The lowest BCUT2D eigenvalue weighted by atomic mass is 9.93.